The van der Waals surface area contributed by atoms with Gasteiger partial charge in [0.05, 0.1) is 13.0 Å². The zero-order chi connectivity index (χ0) is 16.7. The molecule has 1 fully saturated rings. The molecule has 2 rings (SSSR count). The van der Waals surface area contributed by atoms with Gasteiger partial charge in [-0.2, -0.15) is 0 Å². The first-order valence-corrected chi connectivity index (χ1v) is 7.82. The van der Waals surface area contributed by atoms with Crippen molar-refractivity contribution in [2.75, 3.05) is 33.9 Å². The van der Waals surface area contributed by atoms with Gasteiger partial charge >= 0.3 is 0 Å². The SMILES string of the molecule is COCCCNC(=O)[C@@H]1CC(=O)N(Cc2ccccc2OC)C1. The lowest BCUT2D eigenvalue weighted by molar-refractivity contribution is -0.129. The molecule has 23 heavy (non-hydrogen) atoms. The predicted molar refractivity (Wildman–Crippen MR) is 86.0 cm³/mol. The van der Waals surface area contributed by atoms with E-state index < -0.39 is 0 Å². The number of nitrogens with zero attached hydrogens (tertiary/aromatic N) is 1. The molecular weight excluding hydrogens is 296 g/mol. The number of methoxy groups -OCH3 is 2. The van der Waals surface area contributed by atoms with Crippen LogP contribution in [0, 0.1) is 5.92 Å². The topological polar surface area (TPSA) is 67.9 Å². The molecule has 126 valence electrons. The second-order valence-corrected chi connectivity index (χ2v) is 5.62. The van der Waals surface area contributed by atoms with Crippen molar-refractivity contribution in [3.8, 4) is 5.75 Å². The highest BCUT2D eigenvalue weighted by atomic mass is 16.5. The van der Waals surface area contributed by atoms with Gasteiger partial charge in [-0.25, -0.2) is 0 Å². The van der Waals surface area contributed by atoms with Gasteiger partial charge in [0.2, 0.25) is 11.8 Å². The molecule has 6 nitrogen and oxygen atoms in total. The fraction of sp³-hybridized carbons (Fsp3) is 0.529. The second kappa shape index (κ2) is 8.53. The van der Waals surface area contributed by atoms with E-state index in [0.29, 0.717) is 26.2 Å². The highest BCUT2D eigenvalue weighted by molar-refractivity contribution is 5.89. The van der Waals surface area contributed by atoms with E-state index in [1.54, 1.807) is 19.1 Å². The van der Waals surface area contributed by atoms with Crippen LogP contribution in [0.1, 0.15) is 18.4 Å². The maximum atomic E-state index is 12.2. The molecule has 0 bridgehead atoms. The lowest BCUT2D eigenvalue weighted by atomic mass is 10.1. The Morgan fingerprint density at radius 1 is 1.35 bits per heavy atom. The number of benzene rings is 1. The Morgan fingerprint density at radius 3 is 2.87 bits per heavy atom. The summed E-state index contributed by atoms with van der Waals surface area (Å²) in [5, 5.41) is 2.86. The summed E-state index contributed by atoms with van der Waals surface area (Å²) < 4.78 is 10.3. The highest BCUT2D eigenvalue weighted by Gasteiger charge is 2.34. The maximum absolute atomic E-state index is 12.2. The minimum absolute atomic E-state index is 0.00736. The molecule has 1 aromatic carbocycles. The van der Waals surface area contributed by atoms with Gasteiger partial charge in [-0.15, -0.1) is 0 Å². The standard InChI is InChI=1S/C17H24N2O4/c1-22-9-5-8-18-17(21)14-10-16(20)19(12-14)11-13-6-3-4-7-15(13)23-2/h3-4,6-7,14H,5,8-12H2,1-2H3,(H,18,21)/t14-/m1/s1. The number of para-hydroxylation sites is 1. The first-order valence-electron chi connectivity index (χ1n) is 7.82. The molecule has 1 aromatic rings. The van der Waals surface area contributed by atoms with Crippen LogP contribution in [0.4, 0.5) is 0 Å². The minimum atomic E-state index is -0.278. The number of nitrogens with one attached hydrogen (secondary N) is 1. The van der Waals surface area contributed by atoms with Gasteiger partial charge in [-0.3, -0.25) is 9.59 Å². The van der Waals surface area contributed by atoms with E-state index in [9.17, 15) is 9.59 Å². The van der Waals surface area contributed by atoms with Gasteiger partial charge in [0.1, 0.15) is 5.75 Å². The third-order valence-corrected chi connectivity index (χ3v) is 3.96. The van der Waals surface area contributed by atoms with Crippen LogP contribution >= 0.6 is 0 Å². The summed E-state index contributed by atoms with van der Waals surface area (Å²) in [6, 6.07) is 7.61. The third kappa shape index (κ3) is 4.69. The molecule has 1 aliphatic heterocycles. The monoisotopic (exact) mass is 320 g/mol. The number of likely N-dealkylation sites (tertiary alicyclic amines) is 1. The molecule has 2 amide bonds. The Balaban J connectivity index is 1.88. The molecule has 0 aromatic heterocycles. The second-order valence-electron chi connectivity index (χ2n) is 5.62. The third-order valence-electron chi connectivity index (χ3n) is 3.96. The van der Waals surface area contributed by atoms with Crippen molar-refractivity contribution in [2.24, 2.45) is 5.92 Å². The Labute approximate surface area is 136 Å². The van der Waals surface area contributed by atoms with Crippen LogP contribution in [0.3, 0.4) is 0 Å². The van der Waals surface area contributed by atoms with E-state index in [1.165, 1.54) is 0 Å². The van der Waals surface area contributed by atoms with E-state index >= 15 is 0 Å². The first kappa shape index (κ1) is 17.3. The normalized spacial score (nSPS) is 17.4. The summed E-state index contributed by atoms with van der Waals surface area (Å²) >= 11 is 0. The van der Waals surface area contributed by atoms with E-state index in [1.807, 2.05) is 24.3 Å². The number of hydrogen-bond donors (Lipinski definition) is 1. The van der Waals surface area contributed by atoms with Crippen LogP contribution in [0.5, 0.6) is 5.75 Å². The van der Waals surface area contributed by atoms with Crippen LogP contribution in [0.15, 0.2) is 24.3 Å². The van der Waals surface area contributed by atoms with Gasteiger partial charge in [0.25, 0.3) is 0 Å². The van der Waals surface area contributed by atoms with Gasteiger partial charge in [0.15, 0.2) is 0 Å². The predicted octanol–water partition coefficient (Wildman–Crippen LogP) is 1.20. The largest absolute Gasteiger partial charge is 0.496 e. The summed E-state index contributed by atoms with van der Waals surface area (Å²) in [4.78, 5) is 26.0. The lowest BCUT2D eigenvalue weighted by Gasteiger charge is -2.18. The van der Waals surface area contributed by atoms with Gasteiger partial charge < -0.3 is 19.7 Å². The maximum Gasteiger partial charge on any atom is 0.225 e. The summed E-state index contributed by atoms with van der Waals surface area (Å²) in [6.07, 6.45) is 1.04. The Hall–Kier alpha value is -2.08. The molecular formula is C17H24N2O4. The van der Waals surface area contributed by atoms with Crippen molar-refractivity contribution >= 4 is 11.8 Å². The average Bonchev–Trinajstić information content (AvgIpc) is 2.93. The van der Waals surface area contributed by atoms with Crippen LogP contribution in [-0.4, -0.2) is 50.6 Å². The smallest absolute Gasteiger partial charge is 0.225 e. The van der Waals surface area contributed by atoms with Crippen molar-refractivity contribution in [1.29, 1.82) is 0 Å². The molecule has 1 saturated heterocycles. The van der Waals surface area contributed by atoms with Crippen LogP contribution in [-0.2, 0) is 20.9 Å². The molecule has 0 saturated carbocycles. The van der Waals surface area contributed by atoms with Crippen molar-refractivity contribution in [2.45, 2.75) is 19.4 Å². The number of ether oxygens (including phenoxy) is 2. The van der Waals surface area contributed by atoms with Crippen LogP contribution < -0.4 is 10.1 Å². The fourth-order valence-corrected chi connectivity index (χ4v) is 2.71. The van der Waals surface area contributed by atoms with Crippen LogP contribution in [0.25, 0.3) is 0 Å². The summed E-state index contributed by atoms with van der Waals surface area (Å²) in [6.45, 7) is 2.11. The van der Waals surface area contributed by atoms with Crippen LogP contribution in [0.2, 0.25) is 0 Å². The highest BCUT2D eigenvalue weighted by Crippen LogP contribution is 2.24. The van der Waals surface area contributed by atoms with Gasteiger partial charge in [-0.05, 0) is 12.5 Å². The molecule has 0 unspecified atom stereocenters. The molecule has 0 radical (unpaired) electrons. The zero-order valence-electron chi connectivity index (χ0n) is 13.7. The minimum Gasteiger partial charge on any atom is -0.496 e. The summed E-state index contributed by atoms with van der Waals surface area (Å²) in [5.41, 5.74) is 0.949. The molecule has 1 aliphatic rings. The van der Waals surface area contributed by atoms with Crippen molar-refractivity contribution in [3.63, 3.8) is 0 Å². The zero-order valence-corrected chi connectivity index (χ0v) is 13.7. The van der Waals surface area contributed by atoms with E-state index in [-0.39, 0.29) is 24.2 Å². The average molecular weight is 320 g/mol. The Bertz CT molecular complexity index is 547. The lowest BCUT2D eigenvalue weighted by Crippen LogP contribution is -2.33. The quantitative estimate of drug-likeness (QED) is 0.731. The summed E-state index contributed by atoms with van der Waals surface area (Å²) in [7, 11) is 3.24. The Kier molecular flexibility index (Phi) is 6.40. The molecule has 6 heteroatoms. The first-order chi connectivity index (χ1) is 11.2. The number of hydrogen-bond acceptors (Lipinski definition) is 4. The molecule has 0 aliphatic carbocycles. The molecule has 1 N–H and O–H groups in total. The number of carbonyl (C=O) groups is 2. The molecule has 0 spiro atoms. The Morgan fingerprint density at radius 2 is 2.13 bits per heavy atom. The van der Waals surface area contributed by atoms with Crippen molar-refractivity contribution in [3.05, 3.63) is 29.8 Å². The van der Waals surface area contributed by atoms with E-state index in [0.717, 1.165) is 17.7 Å². The number of carbonyl (C=O) groups excluding carboxylic acids is 2. The molecule has 1 atom stereocenters. The fourth-order valence-electron chi connectivity index (χ4n) is 2.71. The van der Waals surface area contributed by atoms with Crippen molar-refractivity contribution in [1.82, 2.24) is 10.2 Å². The molecule has 1 heterocycles. The van der Waals surface area contributed by atoms with E-state index in [2.05, 4.69) is 5.32 Å². The van der Waals surface area contributed by atoms with Crippen molar-refractivity contribution < 1.29 is 19.1 Å². The van der Waals surface area contributed by atoms with Gasteiger partial charge in [0, 0.05) is 45.3 Å². The number of rotatable bonds is 8. The van der Waals surface area contributed by atoms with E-state index in [4.69, 9.17) is 9.47 Å². The van der Waals surface area contributed by atoms with Gasteiger partial charge in [-0.1, -0.05) is 18.2 Å². The summed E-state index contributed by atoms with van der Waals surface area (Å²) in [5.74, 6) is 0.428. The number of amides is 2.